The van der Waals surface area contributed by atoms with E-state index >= 15 is 0 Å². The van der Waals surface area contributed by atoms with Crippen molar-refractivity contribution >= 4 is 17.6 Å². The smallest absolute Gasteiger partial charge is 0.324 e. The van der Waals surface area contributed by atoms with Crippen molar-refractivity contribution in [2.45, 2.75) is 30.9 Å². The number of esters is 1. The van der Waals surface area contributed by atoms with E-state index in [0.29, 0.717) is 6.42 Å². The standard InChI is InChI=1S/C8H11ClO3/c1-5(9)8(11)12-7-3-2-6(10)4-7/h2-3,5-7,10H,4H2,1H3/t5-,6+,7-/m0/s1. The van der Waals surface area contributed by atoms with Gasteiger partial charge in [-0.1, -0.05) is 6.08 Å². The molecule has 68 valence electrons. The zero-order chi connectivity index (χ0) is 9.14. The molecule has 0 aromatic heterocycles. The van der Waals surface area contributed by atoms with Gasteiger partial charge in [-0.15, -0.1) is 11.6 Å². The van der Waals surface area contributed by atoms with Gasteiger partial charge in [-0.05, 0) is 13.0 Å². The van der Waals surface area contributed by atoms with E-state index in [-0.39, 0.29) is 6.10 Å². The van der Waals surface area contributed by atoms with Crippen molar-refractivity contribution in [1.82, 2.24) is 0 Å². The van der Waals surface area contributed by atoms with Gasteiger partial charge >= 0.3 is 5.97 Å². The largest absolute Gasteiger partial charge is 0.457 e. The van der Waals surface area contributed by atoms with E-state index in [0.717, 1.165) is 0 Å². The molecule has 1 N–H and O–H groups in total. The normalized spacial score (nSPS) is 30.2. The van der Waals surface area contributed by atoms with Gasteiger partial charge in [0.15, 0.2) is 0 Å². The number of carbonyl (C=O) groups excluding carboxylic acids is 1. The van der Waals surface area contributed by atoms with E-state index in [1.54, 1.807) is 19.1 Å². The average molecular weight is 191 g/mol. The van der Waals surface area contributed by atoms with Gasteiger partial charge in [0.05, 0.1) is 6.10 Å². The summed E-state index contributed by atoms with van der Waals surface area (Å²) in [4.78, 5) is 10.9. The molecule has 0 saturated carbocycles. The molecule has 3 nitrogen and oxygen atoms in total. The van der Waals surface area contributed by atoms with Crippen LogP contribution in [0.4, 0.5) is 0 Å². The van der Waals surface area contributed by atoms with Crippen molar-refractivity contribution < 1.29 is 14.6 Å². The number of ether oxygens (including phenoxy) is 1. The second-order valence-electron chi connectivity index (χ2n) is 2.78. The van der Waals surface area contributed by atoms with Crippen LogP contribution in [-0.4, -0.2) is 28.7 Å². The Balaban J connectivity index is 2.34. The molecule has 1 aliphatic carbocycles. The molecule has 0 fully saturated rings. The molecule has 4 heteroatoms. The second-order valence-corrected chi connectivity index (χ2v) is 3.43. The fraction of sp³-hybridized carbons (Fsp3) is 0.625. The van der Waals surface area contributed by atoms with Gasteiger partial charge in [-0.2, -0.15) is 0 Å². The Morgan fingerprint density at radius 2 is 2.42 bits per heavy atom. The number of aliphatic hydroxyl groups is 1. The molecular weight excluding hydrogens is 180 g/mol. The maximum Gasteiger partial charge on any atom is 0.324 e. The minimum atomic E-state index is -0.629. The molecule has 1 aliphatic rings. The predicted octanol–water partition coefficient (Wildman–Crippen LogP) is 0.846. The van der Waals surface area contributed by atoms with Crippen LogP contribution in [0.5, 0.6) is 0 Å². The topological polar surface area (TPSA) is 46.5 Å². The predicted molar refractivity (Wildman–Crippen MR) is 45.0 cm³/mol. The highest BCUT2D eigenvalue weighted by atomic mass is 35.5. The Kier molecular flexibility index (Phi) is 3.12. The highest BCUT2D eigenvalue weighted by molar-refractivity contribution is 6.29. The Labute approximate surface area is 76.0 Å². The number of hydrogen-bond acceptors (Lipinski definition) is 3. The third kappa shape index (κ3) is 2.50. The maximum absolute atomic E-state index is 10.9. The summed E-state index contributed by atoms with van der Waals surface area (Å²) in [6, 6.07) is 0. The van der Waals surface area contributed by atoms with Crippen LogP contribution in [-0.2, 0) is 9.53 Å². The van der Waals surface area contributed by atoms with Crippen LogP contribution in [0.15, 0.2) is 12.2 Å². The Hall–Kier alpha value is -0.540. The summed E-state index contributed by atoms with van der Waals surface area (Å²) in [6.45, 7) is 1.55. The number of carbonyl (C=O) groups is 1. The molecule has 0 bridgehead atoms. The number of hydrogen-bond donors (Lipinski definition) is 1. The number of halogens is 1. The molecule has 3 atom stereocenters. The molecule has 12 heavy (non-hydrogen) atoms. The summed E-state index contributed by atoms with van der Waals surface area (Å²) in [6.07, 6.45) is 2.91. The van der Waals surface area contributed by atoms with Crippen molar-refractivity contribution in [3.63, 3.8) is 0 Å². The van der Waals surface area contributed by atoms with E-state index in [4.69, 9.17) is 21.4 Å². The average Bonchev–Trinajstić information content (AvgIpc) is 2.35. The molecule has 0 saturated heterocycles. The highest BCUT2D eigenvalue weighted by Crippen LogP contribution is 2.15. The summed E-state index contributed by atoms with van der Waals surface area (Å²) in [5.41, 5.74) is 0. The molecule has 0 amide bonds. The van der Waals surface area contributed by atoms with Crippen LogP contribution in [0.25, 0.3) is 0 Å². The number of rotatable bonds is 2. The van der Waals surface area contributed by atoms with Gasteiger partial charge in [0, 0.05) is 6.42 Å². The molecular formula is C8H11ClO3. The first-order valence-corrected chi connectivity index (χ1v) is 4.24. The van der Waals surface area contributed by atoms with Crippen molar-refractivity contribution in [1.29, 1.82) is 0 Å². The van der Waals surface area contributed by atoms with Crippen LogP contribution in [0.3, 0.4) is 0 Å². The van der Waals surface area contributed by atoms with Crippen LogP contribution in [0.2, 0.25) is 0 Å². The molecule has 0 aromatic carbocycles. The Morgan fingerprint density at radius 1 is 1.75 bits per heavy atom. The summed E-state index contributed by atoms with van der Waals surface area (Å²) >= 11 is 5.48. The van der Waals surface area contributed by atoms with Crippen molar-refractivity contribution in [2.24, 2.45) is 0 Å². The maximum atomic E-state index is 10.9. The van der Waals surface area contributed by atoms with Gasteiger partial charge in [-0.25, -0.2) is 0 Å². The molecule has 0 spiro atoms. The Bertz CT molecular complexity index is 200. The molecule has 0 unspecified atom stereocenters. The molecule has 0 aromatic rings. The van der Waals surface area contributed by atoms with Crippen LogP contribution in [0.1, 0.15) is 13.3 Å². The van der Waals surface area contributed by atoms with Crippen molar-refractivity contribution in [2.75, 3.05) is 0 Å². The third-order valence-electron chi connectivity index (χ3n) is 1.61. The fourth-order valence-electron chi connectivity index (χ4n) is 0.978. The van der Waals surface area contributed by atoms with E-state index in [9.17, 15) is 4.79 Å². The lowest BCUT2D eigenvalue weighted by atomic mass is 10.3. The van der Waals surface area contributed by atoms with Gasteiger partial charge in [0.25, 0.3) is 0 Å². The molecule has 1 rings (SSSR count). The van der Waals surface area contributed by atoms with Crippen molar-refractivity contribution in [3.05, 3.63) is 12.2 Å². The van der Waals surface area contributed by atoms with Crippen LogP contribution < -0.4 is 0 Å². The number of alkyl halides is 1. The second kappa shape index (κ2) is 3.92. The minimum Gasteiger partial charge on any atom is -0.457 e. The summed E-state index contributed by atoms with van der Waals surface area (Å²) in [5.74, 6) is -0.444. The summed E-state index contributed by atoms with van der Waals surface area (Å²) in [7, 11) is 0. The van der Waals surface area contributed by atoms with Crippen LogP contribution in [0, 0.1) is 0 Å². The summed E-state index contributed by atoms with van der Waals surface area (Å²) in [5, 5.41) is 8.41. The SMILES string of the molecule is C[C@H](Cl)C(=O)O[C@H]1C=C[C@@H](O)C1. The minimum absolute atomic E-state index is 0.311. The quantitative estimate of drug-likeness (QED) is 0.399. The monoisotopic (exact) mass is 190 g/mol. The van der Waals surface area contributed by atoms with E-state index in [1.807, 2.05) is 0 Å². The highest BCUT2D eigenvalue weighted by Gasteiger charge is 2.22. The van der Waals surface area contributed by atoms with E-state index < -0.39 is 17.5 Å². The zero-order valence-corrected chi connectivity index (χ0v) is 7.49. The molecule has 0 radical (unpaired) electrons. The van der Waals surface area contributed by atoms with Gasteiger partial charge < -0.3 is 9.84 Å². The lowest BCUT2D eigenvalue weighted by Gasteiger charge is -2.11. The van der Waals surface area contributed by atoms with E-state index in [1.165, 1.54) is 0 Å². The summed E-state index contributed by atoms with van der Waals surface area (Å²) < 4.78 is 4.93. The van der Waals surface area contributed by atoms with Crippen LogP contribution >= 0.6 is 11.6 Å². The van der Waals surface area contributed by atoms with Gasteiger partial charge in [0.1, 0.15) is 11.5 Å². The lowest BCUT2D eigenvalue weighted by Crippen LogP contribution is -2.21. The lowest BCUT2D eigenvalue weighted by molar-refractivity contribution is -0.146. The zero-order valence-electron chi connectivity index (χ0n) is 6.74. The van der Waals surface area contributed by atoms with E-state index in [2.05, 4.69) is 0 Å². The van der Waals surface area contributed by atoms with Crippen molar-refractivity contribution in [3.8, 4) is 0 Å². The Morgan fingerprint density at radius 3 is 2.83 bits per heavy atom. The first-order chi connectivity index (χ1) is 5.59. The third-order valence-corrected chi connectivity index (χ3v) is 1.79. The van der Waals surface area contributed by atoms with Gasteiger partial charge in [-0.3, -0.25) is 4.79 Å². The first-order valence-electron chi connectivity index (χ1n) is 3.80. The first kappa shape index (κ1) is 9.55. The fourth-order valence-corrected chi connectivity index (χ4v) is 1.03. The molecule has 0 aliphatic heterocycles. The molecule has 0 heterocycles. The van der Waals surface area contributed by atoms with Gasteiger partial charge in [0.2, 0.25) is 0 Å². The number of aliphatic hydroxyl groups excluding tert-OH is 1.